The molecular weight excluding hydrogens is 264 g/mol. The SMILES string of the molecule is CCOC(C)OC(C)C=CC1(O)C=C(C)CCC1C(C)C. The van der Waals surface area contributed by atoms with Gasteiger partial charge in [-0.3, -0.25) is 0 Å². The summed E-state index contributed by atoms with van der Waals surface area (Å²) in [6.07, 6.45) is 7.66. The molecule has 4 unspecified atom stereocenters. The van der Waals surface area contributed by atoms with Crippen molar-refractivity contribution in [3.05, 3.63) is 23.8 Å². The van der Waals surface area contributed by atoms with Crippen LogP contribution in [-0.2, 0) is 9.47 Å². The van der Waals surface area contributed by atoms with Gasteiger partial charge in [0.2, 0.25) is 0 Å². The molecule has 3 heteroatoms. The molecule has 0 bridgehead atoms. The molecule has 1 aliphatic carbocycles. The molecule has 1 rings (SSSR count). The van der Waals surface area contributed by atoms with E-state index in [0.717, 1.165) is 12.8 Å². The van der Waals surface area contributed by atoms with Crippen LogP contribution in [-0.4, -0.2) is 29.7 Å². The Morgan fingerprint density at radius 2 is 2.05 bits per heavy atom. The lowest BCUT2D eigenvalue weighted by atomic mass is 9.71. The highest BCUT2D eigenvalue weighted by Gasteiger charge is 2.36. The van der Waals surface area contributed by atoms with Crippen LogP contribution in [0.5, 0.6) is 0 Å². The zero-order chi connectivity index (χ0) is 16.0. The summed E-state index contributed by atoms with van der Waals surface area (Å²) in [5.41, 5.74) is 0.401. The van der Waals surface area contributed by atoms with Gasteiger partial charge in [-0.25, -0.2) is 0 Å². The molecule has 0 amide bonds. The topological polar surface area (TPSA) is 38.7 Å². The van der Waals surface area contributed by atoms with Crippen molar-refractivity contribution in [3.8, 4) is 0 Å². The third-order valence-corrected chi connectivity index (χ3v) is 4.17. The first-order valence-electron chi connectivity index (χ1n) is 8.15. The average Bonchev–Trinajstić information content (AvgIpc) is 2.36. The molecule has 122 valence electrons. The number of aliphatic hydroxyl groups is 1. The van der Waals surface area contributed by atoms with Crippen LogP contribution >= 0.6 is 0 Å². The zero-order valence-corrected chi connectivity index (χ0v) is 14.4. The lowest BCUT2D eigenvalue weighted by Gasteiger charge is -2.38. The van der Waals surface area contributed by atoms with Crippen molar-refractivity contribution in [1.82, 2.24) is 0 Å². The maximum Gasteiger partial charge on any atom is 0.155 e. The number of rotatable bonds is 7. The fraction of sp³-hybridized carbons (Fsp3) is 0.778. The molecule has 0 aromatic rings. The summed E-state index contributed by atoms with van der Waals surface area (Å²) in [6, 6.07) is 0. The smallest absolute Gasteiger partial charge is 0.155 e. The quantitative estimate of drug-likeness (QED) is 0.568. The van der Waals surface area contributed by atoms with Gasteiger partial charge >= 0.3 is 0 Å². The van der Waals surface area contributed by atoms with Gasteiger partial charge in [0.05, 0.1) is 6.10 Å². The van der Waals surface area contributed by atoms with Crippen molar-refractivity contribution < 1.29 is 14.6 Å². The number of ether oxygens (including phenoxy) is 2. The fourth-order valence-corrected chi connectivity index (χ4v) is 3.14. The highest BCUT2D eigenvalue weighted by molar-refractivity contribution is 5.24. The Bertz CT molecular complexity index is 373. The maximum absolute atomic E-state index is 11.0. The van der Waals surface area contributed by atoms with Crippen molar-refractivity contribution in [2.75, 3.05) is 6.61 Å². The molecule has 0 saturated heterocycles. The normalized spacial score (nSPS) is 29.7. The third-order valence-electron chi connectivity index (χ3n) is 4.17. The molecule has 0 heterocycles. The first-order chi connectivity index (χ1) is 9.78. The lowest BCUT2D eigenvalue weighted by Crippen LogP contribution is -2.40. The van der Waals surface area contributed by atoms with Crippen molar-refractivity contribution in [1.29, 1.82) is 0 Å². The van der Waals surface area contributed by atoms with Gasteiger partial charge in [-0.2, -0.15) is 0 Å². The number of hydrogen-bond donors (Lipinski definition) is 1. The minimum absolute atomic E-state index is 0.0842. The summed E-state index contributed by atoms with van der Waals surface area (Å²) < 4.78 is 11.1. The van der Waals surface area contributed by atoms with Gasteiger partial charge in [-0.05, 0) is 52.4 Å². The predicted molar refractivity (Wildman–Crippen MR) is 87.0 cm³/mol. The zero-order valence-electron chi connectivity index (χ0n) is 14.4. The number of hydrogen-bond acceptors (Lipinski definition) is 3. The summed E-state index contributed by atoms with van der Waals surface area (Å²) in [5.74, 6) is 0.705. The summed E-state index contributed by atoms with van der Waals surface area (Å²) in [7, 11) is 0. The molecule has 0 saturated carbocycles. The van der Waals surface area contributed by atoms with E-state index >= 15 is 0 Å². The fourth-order valence-electron chi connectivity index (χ4n) is 3.14. The molecule has 0 aromatic heterocycles. The van der Waals surface area contributed by atoms with Crippen LogP contribution in [0.3, 0.4) is 0 Å². The van der Waals surface area contributed by atoms with E-state index in [1.807, 2.05) is 39.0 Å². The monoisotopic (exact) mass is 296 g/mol. The van der Waals surface area contributed by atoms with E-state index in [-0.39, 0.29) is 18.3 Å². The minimum atomic E-state index is -0.858. The van der Waals surface area contributed by atoms with Crippen molar-refractivity contribution >= 4 is 0 Å². The van der Waals surface area contributed by atoms with E-state index in [2.05, 4.69) is 20.8 Å². The molecule has 0 fully saturated rings. The second-order valence-electron chi connectivity index (χ2n) is 6.49. The third kappa shape index (κ3) is 5.57. The minimum Gasteiger partial charge on any atom is -0.381 e. The average molecular weight is 296 g/mol. The van der Waals surface area contributed by atoms with E-state index in [0.29, 0.717) is 12.5 Å². The van der Waals surface area contributed by atoms with Crippen LogP contribution in [0.4, 0.5) is 0 Å². The molecular formula is C18H32O3. The van der Waals surface area contributed by atoms with Crippen LogP contribution in [0, 0.1) is 11.8 Å². The second kappa shape index (κ2) is 8.11. The van der Waals surface area contributed by atoms with Crippen LogP contribution in [0.25, 0.3) is 0 Å². The maximum atomic E-state index is 11.0. The first-order valence-corrected chi connectivity index (χ1v) is 8.15. The predicted octanol–water partition coefficient (Wildman–Crippen LogP) is 4.07. The molecule has 0 radical (unpaired) electrons. The Hall–Kier alpha value is -0.640. The standard InChI is InChI=1S/C18H32O3/c1-7-20-16(6)21-15(5)10-11-18(19)12-14(4)8-9-17(18)13(2)3/h10-13,15-17,19H,7-9H2,1-6H3. The Balaban J connectivity index is 2.76. The van der Waals surface area contributed by atoms with Gasteiger partial charge in [0, 0.05) is 6.61 Å². The molecule has 21 heavy (non-hydrogen) atoms. The van der Waals surface area contributed by atoms with E-state index in [4.69, 9.17) is 9.47 Å². The van der Waals surface area contributed by atoms with E-state index in [9.17, 15) is 5.11 Å². The molecule has 1 N–H and O–H groups in total. The Kier molecular flexibility index (Phi) is 7.11. The van der Waals surface area contributed by atoms with Gasteiger partial charge in [-0.1, -0.05) is 37.6 Å². The first kappa shape index (κ1) is 18.4. The summed E-state index contributed by atoms with van der Waals surface area (Å²) in [4.78, 5) is 0. The Labute approximate surface area is 130 Å². The summed E-state index contributed by atoms with van der Waals surface area (Å²) in [6.45, 7) is 12.9. The van der Waals surface area contributed by atoms with E-state index in [1.54, 1.807) is 0 Å². The molecule has 0 spiro atoms. The van der Waals surface area contributed by atoms with Gasteiger partial charge in [0.1, 0.15) is 5.60 Å². The molecule has 0 aromatic carbocycles. The van der Waals surface area contributed by atoms with Crippen LogP contribution in [0.2, 0.25) is 0 Å². The van der Waals surface area contributed by atoms with E-state index in [1.165, 1.54) is 5.57 Å². The number of allylic oxidation sites excluding steroid dienone is 1. The molecule has 3 nitrogen and oxygen atoms in total. The van der Waals surface area contributed by atoms with Crippen molar-refractivity contribution in [2.45, 2.75) is 72.4 Å². The lowest BCUT2D eigenvalue weighted by molar-refractivity contribution is -0.141. The van der Waals surface area contributed by atoms with Crippen molar-refractivity contribution in [2.24, 2.45) is 11.8 Å². The molecule has 0 aliphatic heterocycles. The van der Waals surface area contributed by atoms with Crippen molar-refractivity contribution in [3.63, 3.8) is 0 Å². The van der Waals surface area contributed by atoms with Crippen LogP contribution in [0.15, 0.2) is 23.8 Å². The van der Waals surface area contributed by atoms with Gasteiger partial charge in [0.15, 0.2) is 6.29 Å². The van der Waals surface area contributed by atoms with Crippen LogP contribution in [0.1, 0.15) is 54.4 Å². The van der Waals surface area contributed by atoms with Gasteiger partial charge in [0.25, 0.3) is 0 Å². The summed E-state index contributed by atoms with van der Waals surface area (Å²) >= 11 is 0. The summed E-state index contributed by atoms with van der Waals surface area (Å²) in [5, 5.41) is 11.0. The Morgan fingerprint density at radius 1 is 1.38 bits per heavy atom. The van der Waals surface area contributed by atoms with Crippen LogP contribution < -0.4 is 0 Å². The largest absolute Gasteiger partial charge is 0.381 e. The van der Waals surface area contributed by atoms with Gasteiger partial charge < -0.3 is 14.6 Å². The molecule has 1 aliphatic rings. The highest BCUT2D eigenvalue weighted by atomic mass is 16.7. The second-order valence-corrected chi connectivity index (χ2v) is 6.49. The highest BCUT2D eigenvalue weighted by Crippen LogP contribution is 2.38. The van der Waals surface area contributed by atoms with E-state index < -0.39 is 5.60 Å². The Morgan fingerprint density at radius 3 is 2.62 bits per heavy atom. The molecule has 4 atom stereocenters. The van der Waals surface area contributed by atoms with Gasteiger partial charge in [-0.15, -0.1) is 0 Å².